The largest absolute Gasteiger partial charge is 0.337 e. The SMILES string of the molecule is CN(Cc1cccc(Cl)c1)C(=O)c1ccccc1C(=O)c1ccc(F)cc1. The predicted molar refractivity (Wildman–Crippen MR) is 104 cm³/mol. The third-order valence-electron chi connectivity index (χ3n) is 4.16. The molecule has 0 aliphatic heterocycles. The third-order valence-corrected chi connectivity index (χ3v) is 4.40. The van der Waals surface area contributed by atoms with E-state index in [2.05, 4.69) is 0 Å². The van der Waals surface area contributed by atoms with E-state index in [9.17, 15) is 14.0 Å². The summed E-state index contributed by atoms with van der Waals surface area (Å²) in [7, 11) is 1.67. The van der Waals surface area contributed by atoms with Crippen LogP contribution in [0.3, 0.4) is 0 Å². The zero-order valence-corrected chi connectivity index (χ0v) is 15.4. The van der Waals surface area contributed by atoms with Crippen LogP contribution in [0.15, 0.2) is 72.8 Å². The zero-order valence-electron chi connectivity index (χ0n) is 14.7. The van der Waals surface area contributed by atoms with Crippen molar-refractivity contribution in [1.29, 1.82) is 0 Å². The van der Waals surface area contributed by atoms with Crippen LogP contribution in [0.25, 0.3) is 0 Å². The van der Waals surface area contributed by atoms with Crippen LogP contribution >= 0.6 is 11.6 Å². The van der Waals surface area contributed by atoms with Crippen molar-refractivity contribution < 1.29 is 14.0 Å². The molecule has 0 aromatic heterocycles. The fourth-order valence-electron chi connectivity index (χ4n) is 2.81. The van der Waals surface area contributed by atoms with Crippen LogP contribution in [0.1, 0.15) is 31.8 Å². The fourth-order valence-corrected chi connectivity index (χ4v) is 3.02. The Kier molecular flexibility index (Phi) is 5.67. The Morgan fingerprint density at radius 3 is 2.26 bits per heavy atom. The van der Waals surface area contributed by atoms with E-state index >= 15 is 0 Å². The summed E-state index contributed by atoms with van der Waals surface area (Å²) in [5.41, 5.74) is 1.80. The van der Waals surface area contributed by atoms with Crippen molar-refractivity contribution in [1.82, 2.24) is 4.90 Å². The van der Waals surface area contributed by atoms with Gasteiger partial charge in [0.2, 0.25) is 0 Å². The highest BCUT2D eigenvalue weighted by atomic mass is 35.5. The summed E-state index contributed by atoms with van der Waals surface area (Å²) in [6, 6.07) is 19.2. The van der Waals surface area contributed by atoms with E-state index in [-0.39, 0.29) is 17.3 Å². The van der Waals surface area contributed by atoms with Gasteiger partial charge in [-0.15, -0.1) is 0 Å². The molecular weight excluding hydrogens is 365 g/mol. The molecule has 0 aliphatic carbocycles. The number of nitrogens with zero attached hydrogens (tertiary/aromatic N) is 1. The topological polar surface area (TPSA) is 37.4 Å². The molecule has 3 aromatic carbocycles. The number of carbonyl (C=O) groups is 2. The van der Waals surface area contributed by atoms with Gasteiger partial charge in [0.05, 0.1) is 5.56 Å². The van der Waals surface area contributed by atoms with Gasteiger partial charge in [-0.2, -0.15) is 0 Å². The number of hydrogen-bond acceptors (Lipinski definition) is 2. The minimum Gasteiger partial charge on any atom is -0.337 e. The predicted octanol–water partition coefficient (Wildman–Crippen LogP) is 4.98. The summed E-state index contributed by atoms with van der Waals surface area (Å²) in [5, 5.41) is 0.597. The van der Waals surface area contributed by atoms with E-state index in [1.54, 1.807) is 43.4 Å². The molecule has 0 spiro atoms. The van der Waals surface area contributed by atoms with Crippen LogP contribution in [-0.2, 0) is 6.54 Å². The van der Waals surface area contributed by atoms with E-state index in [0.29, 0.717) is 22.7 Å². The van der Waals surface area contributed by atoms with Gasteiger partial charge in [0.15, 0.2) is 5.78 Å². The normalized spacial score (nSPS) is 10.5. The molecular formula is C22H17ClFNO2. The molecule has 5 heteroatoms. The van der Waals surface area contributed by atoms with E-state index in [1.165, 1.54) is 29.2 Å². The highest BCUT2D eigenvalue weighted by molar-refractivity contribution is 6.30. The van der Waals surface area contributed by atoms with Crippen LogP contribution in [0.2, 0.25) is 5.02 Å². The molecule has 3 rings (SSSR count). The Balaban J connectivity index is 1.87. The smallest absolute Gasteiger partial charge is 0.254 e. The lowest BCUT2D eigenvalue weighted by Gasteiger charge is -2.19. The molecule has 0 aliphatic rings. The average Bonchev–Trinajstić information content (AvgIpc) is 2.67. The lowest BCUT2D eigenvalue weighted by molar-refractivity contribution is 0.0780. The molecule has 0 saturated heterocycles. The number of carbonyl (C=O) groups excluding carboxylic acids is 2. The second kappa shape index (κ2) is 8.14. The molecule has 3 nitrogen and oxygen atoms in total. The summed E-state index contributed by atoms with van der Waals surface area (Å²) >= 11 is 6.00. The molecule has 1 amide bonds. The average molecular weight is 382 g/mol. The van der Waals surface area contributed by atoms with Gasteiger partial charge in [-0.05, 0) is 48.0 Å². The number of halogens is 2. The van der Waals surface area contributed by atoms with Gasteiger partial charge in [-0.1, -0.05) is 41.9 Å². The van der Waals surface area contributed by atoms with E-state index in [1.807, 2.05) is 12.1 Å². The van der Waals surface area contributed by atoms with Gasteiger partial charge < -0.3 is 4.90 Å². The number of benzene rings is 3. The van der Waals surface area contributed by atoms with Crippen LogP contribution in [0.5, 0.6) is 0 Å². The molecule has 0 bridgehead atoms. The minimum atomic E-state index is -0.419. The molecule has 0 radical (unpaired) electrons. The van der Waals surface area contributed by atoms with E-state index in [0.717, 1.165) is 5.56 Å². The summed E-state index contributed by atoms with van der Waals surface area (Å²) in [6.07, 6.45) is 0. The number of amides is 1. The quantitative estimate of drug-likeness (QED) is 0.584. The lowest BCUT2D eigenvalue weighted by atomic mass is 9.97. The standard InChI is InChI=1S/C22H17ClFNO2/c1-25(14-15-5-4-6-17(23)13-15)22(27)20-8-3-2-7-19(20)21(26)16-9-11-18(24)12-10-16/h2-13H,14H2,1H3. The van der Waals surface area contributed by atoms with Gasteiger partial charge in [0.1, 0.15) is 5.82 Å². The highest BCUT2D eigenvalue weighted by Crippen LogP contribution is 2.18. The van der Waals surface area contributed by atoms with Crippen molar-refractivity contribution in [3.63, 3.8) is 0 Å². The Hall–Kier alpha value is -2.98. The number of rotatable bonds is 5. The maximum Gasteiger partial charge on any atom is 0.254 e. The molecule has 0 N–H and O–H groups in total. The van der Waals surface area contributed by atoms with Gasteiger partial charge in [0.25, 0.3) is 5.91 Å². The Labute approximate surface area is 162 Å². The summed E-state index contributed by atoms with van der Waals surface area (Å²) in [6.45, 7) is 0.360. The first kappa shape index (κ1) is 18.8. The first-order valence-electron chi connectivity index (χ1n) is 8.35. The number of hydrogen-bond donors (Lipinski definition) is 0. The zero-order chi connectivity index (χ0) is 19.4. The second-order valence-electron chi connectivity index (χ2n) is 6.17. The van der Waals surface area contributed by atoms with Gasteiger partial charge >= 0.3 is 0 Å². The van der Waals surface area contributed by atoms with Crippen molar-refractivity contribution in [2.75, 3.05) is 7.05 Å². The highest BCUT2D eigenvalue weighted by Gasteiger charge is 2.20. The van der Waals surface area contributed by atoms with Crippen LogP contribution in [0.4, 0.5) is 4.39 Å². The molecule has 136 valence electrons. The van der Waals surface area contributed by atoms with Crippen molar-refractivity contribution >= 4 is 23.3 Å². The van der Waals surface area contributed by atoms with Gasteiger partial charge in [-0.25, -0.2) is 4.39 Å². The molecule has 0 heterocycles. The summed E-state index contributed by atoms with van der Waals surface area (Å²) in [5.74, 6) is -1.02. The van der Waals surface area contributed by atoms with Gasteiger partial charge in [0, 0.05) is 29.7 Å². The maximum atomic E-state index is 13.1. The molecule has 0 unspecified atom stereocenters. The number of ketones is 1. The summed E-state index contributed by atoms with van der Waals surface area (Å²) < 4.78 is 13.1. The van der Waals surface area contributed by atoms with E-state index in [4.69, 9.17) is 11.6 Å². The first-order valence-corrected chi connectivity index (χ1v) is 8.72. The molecule has 0 atom stereocenters. The van der Waals surface area contributed by atoms with Crippen molar-refractivity contribution in [3.8, 4) is 0 Å². The fraction of sp³-hybridized carbons (Fsp3) is 0.0909. The first-order chi connectivity index (χ1) is 13.0. The molecule has 27 heavy (non-hydrogen) atoms. The Morgan fingerprint density at radius 1 is 0.926 bits per heavy atom. The molecule has 3 aromatic rings. The molecule has 0 fully saturated rings. The maximum absolute atomic E-state index is 13.1. The molecule has 0 saturated carbocycles. The van der Waals surface area contributed by atoms with Crippen LogP contribution < -0.4 is 0 Å². The van der Waals surface area contributed by atoms with Crippen LogP contribution in [0, 0.1) is 5.82 Å². The van der Waals surface area contributed by atoms with Crippen molar-refractivity contribution in [3.05, 3.63) is 106 Å². The second-order valence-corrected chi connectivity index (χ2v) is 6.61. The van der Waals surface area contributed by atoms with Crippen molar-refractivity contribution in [2.45, 2.75) is 6.54 Å². The van der Waals surface area contributed by atoms with Crippen molar-refractivity contribution in [2.24, 2.45) is 0 Å². The Bertz CT molecular complexity index is 986. The summed E-state index contributed by atoms with van der Waals surface area (Å²) in [4.78, 5) is 27.3. The lowest BCUT2D eigenvalue weighted by Crippen LogP contribution is -2.28. The minimum absolute atomic E-state index is 0.277. The van der Waals surface area contributed by atoms with Crippen LogP contribution in [-0.4, -0.2) is 23.6 Å². The van der Waals surface area contributed by atoms with Gasteiger partial charge in [-0.3, -0.25) is 9.59 Å². The third kappa shape index (κ3) is 4.41. The Morgan fingerprint density at radius 2 is 1.59 bits per heavy atom. The van der Waals surface area contributed by atoms with E-state index < -0.39 is 5.82 Å². The monoisotopic (exact) mass is 381 g/mol.